The molecule has 0 N–H and O–H groups in total. The van der Waals surface area contributed by atoms with Crippen molar-refractivity contribution in [2.24, 2.45) is 0 Å². The molecule has 7 heteroatoms. The normalized spacial score (nSPS) is 18.3. The minimum absolute atomic E-state index is 0. The smallest absolute Gasteiger partial charge is 0.233 e. The molecule has 1 saturated heterocycles. The summed E-state index contributed by atoms with van der Waals surface area (Å²) in [7, 11) is 0. The van der Waals surface area contributed by atoms with E-state index in [-0.39, 0.29) is 30.5 Å². The number of rotatable bonds is 10. The molecule has 0 bridgehead atoms. The molecule has 1 fully saturated rings. The second-order valence-electron chi connectivity index (χ2n) is 6.91. The highest BCUT2D eigenvalue weighted by molar-refractivity contribution is 8.00. The van der Waals surface area contributed by atoms with Gasteiger partial charge in [0.05, 0.1) is 5.75 Å². The van der Waals surface area contributed by atoms with E-state index in [9.17, 15) is 4.79 Å². The Morgan fingerprint density at radius 2 is 1.81 bits per heavy atom. The second-order valence-corrected chi connectivity index (χ2v) is 7.98. The van der Waals surface area contributed by atoms with Gasteiger partial charge < -0.3 is 19.3 Å². The van der Waals surface area contributed by atoms with Crippen LogP contribution in [0.15, 0.2) is 18.2 Å². The van der Waals surface area contributed by atoms with Gasteiger partial charge in [0.1, 0.15) is 5.37 Å². The number of amides is 1. The van der Waals surface area contributed by atoms with Gasteiger partial charge in [0.25, 0.3) is 0 Å². The van der Waals surface area contributed by atoms with Gasteiger partial charge >= 0.3 is 0 Å². The van der Waals surface area contributed by atoms with Crippen LogP contribution in [0, 0.1) is 0 Å². The lowest BCUT2D eigenvalue weighted by Crippen LogP contribution is -2.38. The first-order valence-corrected chi connectivity index (χ1v) is 10.8. The fourth-order valence-electron chi connectivity index (χ4n) is 3.39. The van der Waals surface area contributed by atoms with Crippen LogP contribution >= 0.6 is 24.2 Å². The summed E-state index contributed by atoms with van der Waals surface area (Å²) in [5, 5.41) is 0.0798. The van der Waals surface area contributed by atoms with Gasteiger partial charge in [-0.05, 0) is 43.6 Å². The summed E-state index contributed by atoms with van der Waals surface area (Å²) in [6.45, 7) is 8.73. The van der Waals surface area contributed by atoms with Crippen molar-refractivity contribution in [1.29, 1.82) is 0 Å². The molecule has 0 spiro atoms. The lowest BCUT2D eigenvalue weighted by atomic mass is 10.2. The van der Waals surface area contributed by atoms with Crippen LogP contribution in [0.2, 0.25) is 0 Å². The van der Waals surface area contributed by atoms with E-state index in [0.717, 1.165) is 43.2 Å². The first-order chi connectivity index (χ1) is 12.7. The fraction of sp³-hybridized carbons (Fsp3) is 0.650. The third-order valence-corrected chi connectivity index (χ3v) is 6.22. The van der Waals surface area contributed by atoms with E-state index in [1.54, 1.807) is 11.8 Å². The number of fused-ring (bicyclic) bond motifs is 1. The minimum Gasteiger partial charge on any atom is -0.454 e. The first kappa shape index (κ1) is 22.2. The summed E-state index contributed by atoms with van der Waals surface area (Å²) in [5.74, 6) is 2.38. The van der Waals surface area contributed by atoms with Crippen molar-refractivity contribution >= 4 is 30.1 Å². The maximum atomic E-state index is 12.5. The highest BCUT2D eigenvalue weighted by Crippen LogP contribution is 2.42. The van der Waals surface area contributed by atoms with E-state index < -0.39 is 0 Å². The Morgan fingerprint density at radius 3 is 2.52 bits per heavy atom. The van der Waals surface area contributed by atoms with Gasteiger partial charge in [-0.15, -0.1) is 24.2 Å². The first-order valence-electron chi connectivity index (χ1n) is 9.76. The average molecular weight is 415 g/mol. The van der Waals surface area contributed by atoms with Crippen LogP contribution in [-0.4, -0.2) is 54.4 Å². The molecule has 5 nitrogen and oxygen atoms in total. The Morgan fingerprint density at radius 1 is 1.11 bits per heavy atom. The van der Waals surface area contributed by atoms with Gasteiger partial charge in [-0.25, -0.2) is 0 Å². The van der Waals surface area contributed by atoms with Gasteiger partial charge in [0, 0.05) is 13.1 Å². The fourth-order valence-corrected chi connectivity index (χ4v) is 4.60. The molecule has 1 atom stereocenters. The summed E-state index contributed by atoms with van der Waals surface area (Å²) in [6, 6.07) is 6.04. The van der Waals surface area contributed by atoms with Gasteiger partial charge in [-0.1, -0.05) is 32.8 Å². The van der Waals surface area contributed by atoms with Crippen molar-refractivity contribution < 1.29 is 14.3 Å². The number of ether oxygens (including phenoxy) is 2. The zero-order valence-corrected chi connectivity index (χ0v) is 17.9. The number of thioether (sulfide) groups is 1. The molecule has 0 radical (unpaired) electrons. The van der Waals surface area contributed by atoms with E-state index in [1.165, 1.54) is 25.7 Å². The molecule has 3 rings (SSSR count). The van der Waals surface area contributed by atoms with Crippen molar-refractivity contribution in [3.8, 4) is 11.5 Å². The zero-order valence-electron chi connectivity index (χ0n) is 16.3. The van der Waals surface area contributed by atoms with Crippen LogP contribution in [0.5, 0.6) is 11.5 Å². The summed E-state index contributed by atoms with van der Waals surface area (Å²) < 4.78 is 10.9. The number of halogens is 1. The third kappa shape index (κ3) is 5.69. The Bertz CT molecular complexity index is 609. The van der Waals surface area contributed by atoms with E-state index in [1.807, 2.05) is 17.0 Å². The molecule has 1 aromatic rings. The predicted octanol–water partition coefficient (Wildman–Crippen LogP) is 4.31. The number of carbonyl (C=O) groups is 1. The van der Waals surface area contributed by atoms with Crippen molar-refractivity contribution in [2.75, 3.05) is 38.7 Å². The van der Waals surface area contributed by atoms with Crippen LogP contribution in [0.1, 0.15) is 50.5 Å². The van der Waals surface area contributed by atoms with Crippen molar-refractivity contribution in [2.45, 2.75) is 44.9 Å². The Balaban J connectivity index is 0.00000261. The number of hydrogen-bond donors (Lipinski definition) is 0. The van der Waals surface area contributed by atoms with Gasteiger partial charge in [0.2, 0.25) is 12.7 Å². The molecule has 152 valence electrons. The van der Waals surface area contributed by atoms with E-state index in [4.69, 9.17) is 9.47 Å². The van der Waals surface area contributed by atoms with Crippen molar-refractivity contribution in [1.82, 2.24) is 9.80 Å². The van der Waals surface area contributed by atoms with Crippen LogP contribution < -0.4 is 9.47 Å². The molecule has 2 aliphatic heterocycles. The SMILES string of the molecule is CCCCN(CCCC)CCN1C(=O)CSC1c1ccc2c(c1)OCO2.Cl. The van der Waals surface area contributed by atoms with E-state index in [2.05, 4.69) is 24.8 Å². The highest BCUT2D eigenvalue weighted by Gasteiger charge is 2.33. The van der Waals surface area contributed by atoms with Crippen LogP contribution in [0.25, 0.3) is 0 Å². The molecule has 0 saturated carbocycles. The lowest BCUT2D eigenvalue weighted by Gasteiger charge is -2.28. The van der Waals surface area contributed by atoms with Crippen LogP contribution in [0.4, 0.5) is 0 Å². The molecular formula is C20H31ClN2O3S. The molecule has 1 aromatic carbocycles. The van der Waals surface area contributed by atoms with Gasteiger partial charge in [-0.2, -0.15) is 0 Å². The Kier molecular flexibility index (Phi) is 9.06. The molecule has 2 aliphatic rings. The van der Waals surface area contributed by atoms with Crippen molar-refractivity contribution in [3.63, 3.8) is 0 Å². The third-order valence-electron chi connectivity index (χ3n) is 4.96. The molecule has 1 amide bonds. The standard InChI is InChI=1S/C20H30N2O3S.ClH/c1-3-5-9-21(10-6-4-2)11-12-22-19(23)14-26-20(22)16-7-8-17-18(13-16)25-15-24-17;/h7-8,13,20H,3-6,9-12,14-15H2,1-2H3;1H. The molecule has 2 heterocycles. The number of nitrogens with zero attached hydrogens (tertiary/aromatic N) is 2. The number of unbranched alkanes of at least 4 members (excludes halogenated alkanes) is 2. The summed E-state index contributed by atoms with van der Waals surface area (Å²) in [6.07, 6.45) is 4.86. The largest absolute Gasteiger partial charge is 0.454 e. The molecular weight excluding hydrogens is 384 g/mol. The van der Waals surface area contributed by atoms with Gasteiger partial charge in [0.15, 0.2) is 11.5 Å². The summed E-state index contributed by atoms with van der Waals surface area (Å²) in [4.78, 5) is 17.0. The quantitative estimate of drug-likeness (QED) is 0.570. The number of carbonyl (C=O) groups excluding carboxylic acids is 1. The molecule has 1 unspecified atom stereocenters. The van der Waals surface area contributed by atoms with E-state index in [0.29, 0.717) is 5.75 Å². The van der Waals surface area contributed by atoms with E-state index >= 15 is 0 Å². The van der Waals surface area contributed by atoms with Gasteiger partial charge in [-0.3, -0.25) is 4.79 Å². The maximum absolute atomic E-state index is 12.5. The molecule has 0 aliphatic carbocycles. The monoisotopic (exact) mass is 414 g/mol. The minimum atomic E-state index is 0. The average Bonchev–Trinajstić information content (AvgIpc) is 3.27. The topological polar surface area (TPSA) is 42.0 Å². The lowest BCUT2D eigenvalue weighted by molar-refractivity contribution is -0.128. The predicted molar refractivity (Wildman–Crippen MR) is 113 cm³/mol. The maximum Gasteiger partial charge on any atom is 0.233 e. The molecule has 0 aromatic heterocycles. The summed E-state index contributed by atoms with van der Waals surface area (Å²) >= 11 is 1.71. The Hall–Kier alpha value is -1.11. The summed E-state index contributed by atoms with van der Waals surface area (Å²) in [5.41, 5.74) is 1.12. The van der Waals surface area contributed by atoms with Crippen molar-refractivity contribution in [3.05, 3.63) is 23.8 Å². The van der Waals surface area contributed by atoms with Crippen LogP contribution in [-0.2, 0) is 4.79 Å². The number of hydrogen-bond acceptors (Lipinski definition) is 5. The Labute approximate surface area is 173 Å². The number of benzene rings is 1. The highest BCUT2D eigenvalue weighted by atomic mass is 35.5. The molecule has 27 heavy (non-hydrogen) atoms. The zero-order chi connectivity index (χ0) is 18.4. The van der Waals surface area contributed by atoms with Crippen LogP contribution in [0.3, 0.4) is 0 Å². The second kappa shape index (κ2) is 11.0.